The van der Waals surface area contributed by atoms with Gasteiger partial charge in [0.15, 0.2) is 5.69 Å². The maximum Gasteiger partial charge on any atom is 0.435 e. The maximum absolute atomic E-state index is 12.5. The molecule has 0 N–H and O–H groups in total. The summed E-state index contributed by atoms with van der Waals surface area (Å²) in [4.78, 5) is 13.7. The molecule has 2 rings (SSSR count). The molecule has 4 nitrogen and oxygen atoms in total. The largest absolute Gasteiger partial charge is 0.435 e. The van der Waals surface area contributed by atoms with Gasteiger partial charge in [-0.2, -0.15) is 18.3 Å². The van der Waals surface area contributed by atoms with Crippen molar-refractivity contribution in [3.63, 3.8) is 0 Å². The van der Waals surface area contributed by atoms with Crippen LogP contribution >= 0.6 is 0 Å². The van der Waals surface area contributed by atoms with Gasteiger partial charge in [0.1, 0.15) is 6.54 Å². The lowest BCUT2D eigenvalue weighted by atomic mass is 10.1. The first kappa shape index (κ1) is 13.9. The van der Waals surface area contributed by atoms with Crippen molar-refractivity contribution in [2.45, 2.75) is 38.9 Å². The van der Waals surface area contributed by atoms with Gasteiger partial charge in [-0.1, -0.05) is 0 Å². The van der Waals surface area contributed by atoms with Crippen molar-refractivity contribution in [2.75, 3.05) is 13.1 Å². The molecule has 1 aliphatic rings. The van der Waals surface area contributed by atoms with Gasteiger partial charge in [-0.25, -0.2) is 0 Å². The molecule has 0 unspecified atom stereocenters. The molecule has 1 saturated heterocycles. The summed E-state index contributed by atoms with van der Waals surface area (Å²) in [5.74, 6) is -0.167. The smallest absolute Gasteiger partial charge is 0.341 e. The van der Waals surface area contributed by atoms with Gasteiger partial charge in [-0.3, -0.25) is 9.48 Å². The van der Waals surface area contributed by atoms with Crippen molar-refractivity contribution < 1.29 is 18.0 Å². The molecule has 1 aromatic rings. The average molecular weight is 275 g/mol. The minimum absolute atomic E-state index is 0.123. The van der Waals surface area contributed by atoms with Crippen LogP contribution in [0.2, 0.25) is 0 Å². The number of aryl methyl sites for hydroxylation is 1. The summed E-state index contributed by atoms with van der Waals surface area (Å²) >= 11 is 0. The van der Waals surface area contributed by atoms with Gasteiger partial charge < -0.3 is 4.90 Å². The number of amides is 1. The Balaban J connectivity index is 2.06. The third kappa shape index (κ3) is 3.27. The minimum Gasteiger partial charge on any atom is -0.341 e. The van der Waals surface area contributed by atoms with E-state index in [1.54, 1.807) is 4.90 Å². The van der Waals surface area contributed by atoms with E-state index in [0.29, 0.717) is 18.8 Å². The lowest BCUT2D eigenvalue weighted by Crippen LogP contribution is -2.38. The van der Waals surface area contributed by atoms with Gasteiger partial charge in [-0.05, 0) is 32.3 Å². The van der Waals surface area contributed by atoms with Crippen LogP contribution in [0.25, 0.3) is 0 Å². The van der Waals surface area contributed by atoms with E-state index in [1.165, 1.54) is 6.92 Å². The number of carbonyl (C=O) groups excluding carboxylic acids is 1. The van der Waals surface area contributed by atoms with Crippen LogP contribution in [-0.4, -0.2) is 33.7 Å². The fourth-order valence-electron chi connectivity index (χ4n) is 2.18. The predicted molar refractivity (Wildman–Crippen MR) is 62.4 cm³/mol. The summed E-state index contributed by atoms with van der Waals surface area (Å²) < 4.78 is 38.6. The van der Waals surface area contributed by atoms with E-state index in [9.17, 15) is 18.0 Å². The Labute approximate surface area is 109 Å². The lowest BCUT2D eigenvalue weighted by molar-refractivity contribution is -0.142. The molecule has 0 saturated carbocycles. The standard InChI is InChI=1S/C12H16F3N3O/c1-9-7-10(12(13,14)15)16-18(9)8-11(19)17-5-3-2-4-6-17/h7H,2-6,8H2,1H3. The monoisotopic (exact) mass is 275 g/mol. The third-order valence-corrected chi connectivity index (χ3v) is 3.27. The Morgan fingerprint density at radius 3 is 2.47 bits per heavy atom. The number of aromatic nitrogens is 2. The minimum atomic E-state index is -4.47. The number of hydrogen-bond acceptors (Lipinski definition) is 2. The molecule has 0 atom stereocenters. The van der Waals surface area contributed by atoms with Crippen molar-refractivity contribution >= 4 is 5.91 Å². The number of halogens is 3. The summed E-state index contributed by atoms with van der Waals surface area (Å²) in [6.45, 7) is 2.77. The summed E-state index contributed by atoms with van der Waals surface area (Å²) in [6, 6.07) is 0.962. The number of hydrogen-bond donors (Lipinski definition) is 0. The zero-order valence-corrected chi connectivity index (χ0v) is 10.7. The molecule has 1 aromatic heterocycles. The average Bonchev–Trinajstić information content (AvgIpc) is 2.72. The Hall–Kier alpha value is -1.53. The molecule has 19 heavy (non-hydrogen) atoms. The van der Waals surface area contributed by atoms with Crippen LogP contribution in [0.15, 0.2) is 6.07 Å². The van der Waals surface area contributed by atoms with Crippen molar-refractivity contribution in [3.8, 4) is 0 Å². The van der Waals surface area contributed by atoms with Crippen molar-refractivity contribution in [3.05, 3.63) is 17.5 Å². The van der Waals surface area contributed by atoms with Crippen LogP contribution in [0.4, 0.5) is 13.2 Å². The summed E-state index contributed by atoms with van der Waals surface area (Å²) in [5, 5.41) is 3.46. The molecule has 0 spiro atoms. The molecular weight excluding hydrogens is 259 g/mol. The highest BCUT2D eigenvalue weighted by Gasteiger charge is 2.34. The van der Waals surface area contributed by atoms with Gasteiger partial charge >= 0.3 is 6.18 Å². The Morgan fingerprint density at radius 1 is 1.32 bits per heavy atom. The van der Waals surface area contributed by atoms with Gasteiger partial charge in [0.05, 0.1) is 0 Å². The van der Waals surface area contributed by atoms with Gasteiger partial charge in [0, 0.05) is 18.8 Å². The van der Waals surface area contributed by atoms with Crippen LogP contribution in [0, 0.1) is 6.92 Å². The number of piperidine rings is 1. The first-order valence-electron chi connectivity index (χ1n) is 6.27. The lowest BCUT2D eigenvalue weighted by Gasteiger charge is -2.26. The fourth-order valence-corrected chi connectivity index (χ4v) is 2.18. The molecule has 0 aromatic carbocycles. The number of likely N-dealkylation sites (tertiary alicyclic amines) is 1. The predicted octanol–water partition coefficient (Wildman–Crippen LogP) is 2.22. The first-order chi connectivity index (χ1) is 8.88. The molecule has 2 heterocycles. The fraction of sp³-hybridized carbons (Fsp3) is 0.667. The molecule has 7 heteroatoms. The molecule has 0 bridgehead atoms. The van der Waals surface area contributed by atoms with Gasteiger partial charge in [0.2, 0.25) is 5.91 Å². The number of rotatable bonds is 2. The van der Waals surface area contributed by atoms with E-state index >= 15 is 0 Å². The summed E-state index contributed by atoms with van der Waals surface area (Å²) in [5.41, 5.74) is -0.603. The van der Waals surface area contributed by atoms with E-state index in [2.05, 4.69) is 5.10 Å². The van der Waals surface area contributed by atoms with Crippen molar-refractivity contribution in [2.24, 2.45) is 0 Å². The normalized spacial score (nSPS) is 16.7. The summed E-state index contributed by atoms with van der Waals surface area (Å²) in [6.07, 6.45) is -1.46. The second-order valence-electron chi connectivity index (χ2n) is 4.77. The Morgan fingerprint density at radius 2 is 1.95 bits per heavy atom. The highest BCUT2D eigenvalue weighted by molar-refractivity contribution is 5.76. The van der Waals surface area contributed by atoms with Crippen LogP contribution < -0.4 is 0 Å². The second-order valence-corrected chi connectivity index (χ2v) is 4.77. The number of carbonyl (C=O) groups is 1. The topological polar surface area (TPSA) is 38.1 Å². The molecule has 0 aliphatic carbocycles. The van der Waals surface area contributed by atoms with Crippen LogP contribution in [-0.2, 0) is 17.5 Å². The summed E-state index contributed by atoms with van der Waals surface area (Å²) in [7, 11) is 0. The van der Waals surface area contributed by atoms with Gasteiger partial charge in [0.25, 0.3) is 0 Å². The quantitative estimate of drug-likeness (QED) is 0.830. The van der Waals surface area contributed by atoms with E-state index in [0.717, 1.165) is 30.0 Å². The van der Waals surface area contributed by atoms with Crippen LogP contribution in [0.5, 0.6) is 0 Å². The van der Waals surface area contributed by atoms with Crippen molar-refractivity contribution in [1.29, 1.82) is 0 Å². The van der Waals surface area contributed by atoms with E-state index in [-0.39, 0.29) is 12.5 Å². The highest BCUT2D eigenvalue weighted by atomic mass is 19.4. The van der Waals surface area contributed by atoms with E-state index < -0.39 is 11.9 Å². The zero-order valence-electron chi connectivity index (χ0n) is 10.7. The molecule has 106 valence electrons. The van der Waals surface area contributed by atoms with E-state index in [4.69, 9.17) is 0 Å². The van der Waals surface area contributed by atoms with Crippen molar-refractivity contribution in [1.82, 2.24) is 14.7 Å². The SMILES string of the molecule is Cc1cc(C(F)(F)F)nn1CC(=O)N1CCCCC1. The second kappa shape index (κ2) is 5.22. The highest BCUT2D eigenvalue weighted by Crippen LogP contribution is 2.28. The van der Waals surface area contributed by atoms with Crippen LogP contribution in [0.3, 0.4) is 0 Å². The first-order valence-corrected chi connectivity index (χ1v) is 6.27. The molecule has 0 radical (unpaired) electrons. The number of alkyl halides is 3. The third-order valence-electron chi connectivity index (χ3n) is 3.27. The molecular formula is C12H16F3N3O. The zero-order chi connectivity index (χ0) is 14.0. The Kier molecular flexibility index (Phi) is 3.82. The van der Waals surface area contributed by atoms with Gasteiger partial charge in [-0.15, -0.1) is 0 Å². The molecule has 1 amide bonds. The maximum atomic E-state index is 12.5. The van der Waals surface area contributed by atoms with E-state index in [1.807, 2.05) is 0 Å². The molecule has 1 fully saturated rings. The number of nitrogens with zero attached hydrogens (tertiary/aromatic N) is 3. The Bertz CT molecular complexity index is 461. The van der Waals surface area contributed by atoms with Crippen LogP contribution in [0.1, 0.15) is 30.7 Å². The molecule has 1 aliphatic heterocycles.